The highest BCUT2D eigenvalue weighted by Crippen LogP contribution is 2.22. The molecule has 0 unspecified atom stereocenters. The Morgan fingerprint density at radius 2 is 1.76 bits per heavy atom. The summed E-state index contributed by atoms with van der Waals surface area (Å²) in [6.45, 7) is 2.79. The Morgan fingerprint density at radius 3 is 2.49 bits per heavy atom. The molecule has 3 aromatic carbocycles. The van der Waals surface area contributed by atoms with Crippen molar-refractivity contribution in [3.8, 4) is 5.75 Å². The molecule has 0 aliphatic carbocycles. The summed E-state index contributed by atoms with van der Waals surface area (Å²) in [5.41, 5.74) is 3.68. The van der Waals surface area contributed by atoms with Gasteiger partial charge in [-0.3, -0.25) is 4.79 Å². The van der Waals surface area contributed by atoms with E-state index in [9.17, 15) is 18.7 Å². The van der Waals surface area contributed by atoms with E-state index in [0.29, 0.717) is 23.6 Å². The fourth-order valence-corrected chi connectivity index (χ4v) is 4.34. The molecule has 0 saturated carbocycles. The van der Waals surface area contributed by atoms with Gasteiger partial charge in [0.05, 0.1) is 19.3 Å². The normalized spacial score (nSPS) is 12.9. The molecule has 1 heterocycles. The maximum atomic E-state index is 13.8. The summed E-state index contributed by atoms with van der Waals surface area (Å²) in [7, 11) is 1.57. The molecule has 37 heavy (non-hydrogen) atoms. The second-order valence-corrected chi connectivity index (χ2v) is 9.07. The number of hydrogen-bond donors (Lipinski definition) is 4. The van der Waals surface area contributed by atoms with E-state index < -0.39 is 29.7 Å². The van der Waals surface area contributed by atoms with Crippen LogP contribution in [0.25, 0.3) is 10.9 Å². The summed E-state index contributed by atoms with van der Waals surface area (Å²) < 4.78 is 32.9. The lowest BCUT2D eigenvalue weighted by Gasteiger charge is -2.25. The van der Waals surface area contributed by atoms with Gasteiger partial charge < -0.3 is 25.5 Å². The molecule has 4 N–H and O–H groups in total. The van der Waals surface area contributed by atoms with E-state index in [1.165, 1.54) is 17.7 Å². The Hall–Kier alpha value is -3.75. The minimum atomic E-state index is -1.02. The highest BCUT2D eigenvalue weighted by molar-refractivity contribution is 5.98. The van der Waals surface area contributed by atoms with Crippen LogP contribution in [0.4, 0.5) is 8.78 Å². The van der Waals surface area contributed by atoms with Gasteiger partial charge in [0, 0.05) is 30.1 Å². The first-order valence-corrected chi connectivity index (χ1v) is 12.2. The third-order valence-electron chi connectivity index (χ3n) is 6.31. The molecule has 2 atom stereocenters. The average Bonchev–Trinajstić information content (AvgIpc) is 3.31. The van der Waals surface area contributed by atoms with Crippen molar-refractivity contribution in [1.29, 1.82) is 0 Å². The van der Waals surface area contributed by atoms with Crippen molar-refractivity contribution in [3.05, 3.63) is 101 Å². The van der Waals surface area contributed by atoms with E-state index in [-0.39, 0.29) is 13.0 Å². The van der Waals surface area contributed by atoms with Gasteiger partial charge in [-0.15, -0.1) is 0 Å². The molecular weight excluding hydrogens is 476 g/mol. The van der Waals surface area contributed by atoms with Gasteiger partial charge in [0.1, 0.15) is 23.1 Å². The number of methoxy groups -OCH3 is 1. The Kier molecular flexibility index (Phi) is 8.53. The lowest BCUT2D eigenvalue weighted by atomic mass is 10.00. The monoisotopic (exact) mass is 507 g/mol. The molecule has 0 aliphatic rings. The zero-order valence-corrected chi connectivity index (χ0v) is 20.9. The lowest BCUT2D eigenvalue weighted by molar-refractivity contribution is 0.0826. The van der Waals surface area contributed by atoms with Gasteiger partial charge in [0.15, 0.2) is 0 Å². The van der Waals surface area contributed by atoms with Crippen LogP contribution >= 0.6 is 0 Å². The number of aliphatic hydroxyl groups excluding tert-OH is 1. The molecule has 0 aliphatic heterocycles. The van der Waals surface area contributed by atoms with Gasteiger partial charge in [0.25, 0.3) is 5.91 Å². The molecule has 6 nitrogen and oxygen atoms in total. The number of aromatic amines is 1. The van der Waals surface area contributed by atoms with Crippen molar-refractivity contribution in [1.82, 2.24) is 15.6 Å². The van der Waals surface area contributed by atoms with Gasteiger partial charge in [-0.2, -0.15) is 0 Å². The van der Waals surface area contributed by atoms with Crippen LogP contribution in [0.1, 0.15) is 34.1 Å². The van der Waals surface area contributed by atoms with Crippen LogP contribution in [0.15, 0.2) is 66.7 Å². The second-order valence-electron chi connectivity index (χ2n) is 9.07. The predicted octanol–water partition coefficient (Wildman–Crippen LogP) is 4.51. The molecule has 4 aromatic rings. The van der Waals surface area contributed by atoms with Crippen molar-refractivity contribution >= 4 is 16.8 Å². The van der Waals surface area contributed by atoms with E-state index in [0.717, 1.165) is 29.0 Å². The summed E-state index contributed by atoms with van der Waals surface area (Å²) in [6, 6.07) is 17.6. The molecule has 8 heteroatoms. The highest BCUT2D eigenvalue weighted by atomic mass is 19.1. The Balaban J connectivity index is 1.49. The summed E-state index contributed by atoms with van der Waals surface area (Å²) in [4.78, 5) is 16.2. The van der Waals surface area contributed by atoms with Crippen molar-refractivity contribution in [3.63, 3.8) is 0 Å². The second kappa shape index (κ2) is 12.0. The van der Waals surface area contributed by atoms with Crippen LogP contribution in [0, 0.1) is 11.6 Å². The minimum Gasteiger partial charge on any atom is -0.497 e. The number of aryl methyl sites for hydroxylation is 1. The number of carbonyl (C=O) groups is 1. The molecule has 0 saturated heterocycles. The molecule has 0 fully saturated rings. The third kappa shape index (κ3) is 6.93. The van der Waals surface area contributed by atoms with Crippen molar-refractivity contribution in [2.75, 3.05) is 13.7 Å². The number of nitrogens with one attached hydrogen (secondary N) is 3. The van der Waals surface area contributed by atoms with Crippen LogP contribution in [-0.4, -0.2) is 41.8 Å². The molecule has 1 aromatic heterocycles. The summed E-state index contributed by atoms with van der Waals surface area (Å²) in [5.74, 6) is -1.21. The first-order chi connectivity index (χ1) is 17.8. The molecular formula is C29H31F2N3O3. The Morgan fingerprint density at radius 1 is 1.00 bits per heavy atom. The molecule has 0 bridgehead atoms. The van der Waals surface area contributed by atoms with Gasteiger partial charge in [-0.25, -0.2) is 8.78 Å². The van der Waals surface area contributed by atoms with E-state index in [1.54, 1.807) is 19.2 Å². The van der Waals surface area contributed by atoms with Crippen LogP contribution in [0.3, 0.4) is 0 Å². The quantitative estimate of drug-likeness (QED) is 0.241. The molecule has 4 rings (SSSR count). The standard InChI is InChI=1S/C29H31F2N3O3/c1-3-18-5-4-6-19(9-18)16-32-17-28(35)26(12-20-10-22(30)15-23(31)11-20)34-29(36)27-14-21-13-24(37-2)7-8-25(21)33-27/h4-11,13-15,26,28,32-33,35H,3,12,16-17H2,1-2H3,(H,34,36)/t26-,28+/m0/s1. The van der Waals surface area contributed by atoms with Gasteiger partial charge in [0.2, 0.25) is 0 Å². The maximum Gasteiger partial charge on any atom is 0.268 e. The first-order valence-electron chi connectivity index (χ1n) is 12.2. The number of carbonyl (C=O) groups excluding carboxylic acids is 1. The van der Waals surface area contributed by atoms with E-state index in [2.05, 4.69) is 34.7 Å². The summed E-state index contributed by atoms with van der Waals surface area (Å²) in [5, 5.41) is 17.9. The zero-order chi connectivity index (χ0) is 26.4. The number of aromatic nitrogens is 1. The molecule has 1 amide bonds. The minimum absolute atomic E-state index is 0.0443. The average molecular weight is 508 g/mol. The summed E-state index contributed by atoms with van der Waals surface area (Å²) >= 11 is 0. The predicted molar refractivity (Wildman–Crippen MR) is 140 cm³/mol. The van der Waals surface area contributed by atoms with Crippen LogP contribution in [-0.2, 0) is 19.4 Å². The summed E-state index contributed by atoms with van der Waals surface area (Å²) in [6.07, 6.45) is -0.0492. The van der Waals surface area contributed by atoms with E-state index in [4.69, 9.17) is 4.74 Å². The van der Waals surface area contributed by atoms with Crippen molar-refractivity contribution in [2.24, 2.45) is 0 Å². The number of H-pyrrole nitrogens is 1. The maximum absolute atomic E-state index is 13.8. The third-order valence-corrected chi connectivity index (χ3v) is 6.31. The van der Waals surface area contributed by atoms with Gasteiger partial charge in [-0.1, -0.05) is 31.2 Å². The smallest absolute Gasteiger partial charge is 0.268 e. The first kappa shape index (κ1) is 26.3. The van der Waals surface area contributed by atoms with Gasteiger partial charge in [-0.05, 0) is 65.9 Å². The number of amides is 1. The number of hydrogen-bond acceptors (Lipinski definition) is 4. The number of ether oxygens (including phenoxy) is 1. The topological polar surface area (TPSA) is 86.4 Å². The van der Waals surface area contributed by atoms with E-state index in [1.807, 2.05) is 24.3 Å². The van der Waals surface area contributed by atoms with Crippen molar-refractivity contribution in [2.45, 2.75) is 38.5 Å². The van der Waals surface area contributed by atoms with E-state index >= 15 is 0 Å². The zero-order valence-electron chi connectivity index (χ0n) is 20.9. The SMILES string of the molecule is CCc1cccc(CNC[C@@H](O)[C@H](Cc2cc(F)cc(F)c2)NC(=O)c2cc3cc(OC)ccc3[nH]2)c1. The Labute approximate surface area is 214 Å². The lowest BCUT2D eigenvalue weighted by Crippen LogP contribution is -2.48. The van der Waals surface area contributed by atoms with Crippen molar-refractivity contribution < 1.29 is 23.4 Å². The molecule has 0 radical (unpaired) electrons. The highest BCUT2D eigenvalue weighted by Gasteiger charge is 2.24. The largest absolute Gasteiger partial charge is 0.497 e. The fraction of sp³-hybridized carbons (Fsp3) is 0.276. The fourth-order valence-electron chi connectivity index (χ4n) is 4.34. The Bertz CT molecular complexity index is 1350. The number of halogens is 2. The molecule has 194 valence electrons. The van der Waals surface area contributed by atoms with Crippen LogP contribution in [0.2, 0.25) is 0 Å². The number of fused-ring (bicyclic) bond motifs is 1. The van der Waals surface area contributed by atoms with Gasteiger partial charge >= 0.3 is 0 Å². The number of aliphatic hydroxyl groups is 1. The molecule has 0 spiro atoms. The number of rotatable bonds is 11. The van der Waals surface area contributed by atoms with Crippen LogP contribution in [0.5, 0.6) is 5.75 Å². The number of benzene rings is 3. The van der Waals surface area contributed by atoms with Crippen LogP contribution < -0.4 is 15.4 Å².